The molecule has 112 valence electrons. The van der Waals surface area contributed by atoms with Crippen molar-refractivity contribution in [2.45, 2.75) is 23.9 Å². The van der Waals surface area contributed by atoms with Gasteiger partial charge in [0.1, 0.15) is 23.9 Å². The molecular weight excluding hydrogens is 272 g/mol. The van der Waals surface area contributed by atoms with E-state index in [1.165, 1.54) is 0 Å². The molecule has 3 rings (SSSR count). The fourth-order valence-corrected chi connectivity index (χ4v) is 2.90. The maximum absolute atomic E-state index is 10.9. The number of rotatable bonds is 2. The van der Waals surface area contributed by atoms with Crippen LogP contribution in [0.4, 0.5) is 0 Å². The summed E-state index contributed by atoms with van der Waals surface area (Å²) in [6.45, 7) is -0.574. The molecule has 1 saturated heterocycles. The molecule has 1 aliphatic rings. The van der Waals surface area contributed by atoms with Crippen LogP contribution in [0.5, 0.6) is 0 Å². The van der Waals surface area contributed by atoms with E-state index >= 15 is 0 Å². The highest BCUT2D eigenvalue weighted by atomic mass is 16.5. The first-order valence-corrected chi connectivity index (χ1v) is 6.87. The Morgan fingerprint density at radius 3 is 2.52 bits per heavy atom. The first-order valence-electron chi connectivity index (χ1n) is 6.87. The molecule has 0 spiro atoms. The summed E-state index contributed by atoms with van der Waals surface area (Å²) in [5, 5.41) is 42.2. The van der Waals surface area contributed by atoms with Crippen LogP contribution in [0.2, 0.25) is 0 Å². The van der Waals surface area contributed by atoms with Crippen molar-refractivity contribution in [3.05, 3.63) is 48.0 Å². The molecule has 1 fully saturated rings. The predicted octanol–water partition coefficient (Wildman–Crippen LogP) is 0.140. The van der Waals surface area contributed by atoms with Gasteiger partial charge in [0.05, 0.1) is 13.2 Å². The van der Waals surface area contributed by atoms with Gasteiger partial charge in [0.15, 0.2) is 0 Å². The van der Waals surface area contributed by atoms with E-state index in [-0.39, 0.29) is 6.61 Å². The van der Waals surface area contributed by atoms with Gasteiger partial charge in [-0.05, 0) is 22.4 Å². The summed E-state index contributed by atoms with van der Waals surface area (Å²) in [6, 6.07) is 12.9. The quantitative estimate of drug-likeness (QED) is 0.632. The first-order chi connectivity index (χ1) is 10.1. The molecule has 5 heteroatoms. The molecule has 0 radical (unpaired) electrons. The van der Waals surface area contributed by atoms with Gasteiger partial charge in [-0.3, -0.25) is 0 Å². The number of aliphatic hydroxyl groups excluding tert-OH is 3. The minimum absolute atomic E-state index is 0.123. The highest BCUT2D eigenvalue weighted by molar-refractivity contribution is 5.83. The van der Waals surface area contributed by atoms with Crippen LogP contribution in [0, 0.1) is 0 Å². The van der Waals surface area contributed by atoms with Crippen molar-refractivity contribution in [3.63, 3.8) is 0 Å². The number of ether oxygens (including phenoxy) is 1. The Kier molecular flexibility index (Phi) is 3.69. The van der Waals surface area contributed by atoms with E-state index in [1.807, 2.05) is 30.3 Å². The van der Waals surface area contributed by atoms with Crippen LogP contribution in [-0.4, -0.2) is 52.0 Å². The predicted molar refractivity (Wildman–Crippen MR) is 76.7 cm³/mol. The molecule has 4 atom stereocenters. The first kappa shape index (κ1) is 14.4. The molecule has 0 unspecified atom stereocenters. The number of benzene rings is 2. The molecule has 5 nitrogen and oxygen atoms in total. The normalized spacial score (nSPS) is 33.2. The van der Waals surface area contributed by atoms with Gasteiger partial charge in [-0.2, -0.15) is 0 Å². The molecule has 1 heterocycles. The van der Waals surface area contributed by atoms with Crippen LogP contribution in [-0.2, 0) is 10.3 Å². The van der Waals surface area contributed by atoms with Crippen LogP contribution < -0.4 is 0 Å². The zero-order valence-electron chi connectivity index (χ0n) is 11.4. The lowest BCUT2D eigenvalue weighted by Gasteiger charge is -2.45. The van der Waals surface area contributed by atoms with Crippen molar-refractivity contribution in [2.24, 2.45) is 0 Å². The summed E-state index contributed by atoms with van der Waals surface area (Å²) >= 11 is 0. The standard InChI is InChI=1S/C16H18O5/c17-8-14-16(20,15(19)13(18)9-21-14)12-6-5-10-3-1-2-4-11(10)7-12/h1-7,13-15,17-20H,8-9H2/t13-,14+,15+,16+/m0/s1. The van der Waals surface area contributed by atoms with Gasteiger partial charge in [-0.25, -0.2) is 0 Å². The molecule has 0 saturated carbocycles. The third-order valence-corrected chi connectivity index (χ3v) is 4.15. The Balaban J connectivity index is 2.12. The SMILES string of the molecule is OC[C@H]1OC[C@H](O)[C@@H](O)[C@@]1(O)c1ccc2ccccc2c1. The van der Waals surface area contributed by atoms with Crippen molar-refractivity contribution in [1.29, 1.82) is 0 Å². The van der Waals surface area contributed by atoms with E-state index in [0.29, 0.717) is 5.56 Å². The summed E-state index contributed by atoms with van der Waals surface area (Å²) in [4.78, 5) is 0. The van der Waals surface area contributed by atoms with Gasteiger partial charge in [-0.1, -0.05) is 36.4 Å². The topological polar surface area (TPSA) is 90.2 Å². The van der Waals surface area contributed by atoms with E-state index in [9.17, 15) is 20.4 Å². The molecule has 0 aromatic heterocycles. The van der Waals surface area contributed by atoms with Crippen molar-refractivity contribution in [1.82, 2.24) is 0 Å². The van der Waals surface area contributed by atoms with E-state index in [2.05, 4.69) is 0 Å². The maximum atomic E-state index is 10.9. The molecule has 0 amide bonds. The summed E-state index contributed by atoms with van der Waals surface area (Å²) in [5.41, 5.74) is -1.44. The summed E-state index contributed by atoms with van der Waals surface area (Å²) in [7, 11) is 0. The molecule has 2 aromatic rings. The molecule has 1 aliphatic heterocycles. The second-order valence-corrected chi connectivity index (χ2v) is 5.40. The lowest BCUT2D eigenvalue weighted by molar-refractivity contribution is -0.255. The van der Waals surface area contributed by atoms with Crippen molar-refractivity contribution in [3.8, 4) is 0 Å². The number of hydrogen-bond acceptors (Lipinski definition) is 5. The lowest BCUT2D eigenvalue weighted by Crippen LogP contribution is -2.61. The number of aliphatic hydroxyl groups is 4. The lowest BCUT2D eigenvalue weighted by atomic mass is 9.78. The van der Waals surface area contributed by atoms with E-state index in [4.69, 9.17) is 4.74 Å². The third kappa shape index (κ3) is 2.23. The molecule has 0 aliphatic carbocycles. The van der Waals surface area contributed by atoms with Crippen molar-refractivity contribution in [2.75, 3.05) is 13.2 Å². The molecule has 0 bridgehead atoms. The average Bonchev–Trinajstić information content (AvgIpc) is 2.52. The Morgan fingerprint density at radius 2 is 1.81 bits per heavy atom. The second-order valence-electron chi connectivity index (χ2n) is 5.40. The Morgan fingerprint density at radius 1 is 1.10 bits per heavy atom. The Bertz CT molecular complexity index is 639. The fraction of sp³-hybridized carbons (Fsp3) is 0.375. The number of fused-ring (bicyclic) bond motifs is 1. The van der Waals surface area contributed by atoms with E-state index in [0.717, 1.165) is 10.8 Å². The van der Waals surface area contributed by atoms with E-state index < -0.39 is 30.5 Å². The van der Waals surface area contributed by atoms with Crippen LogP contribution in [0.1, 0.15) is 5.56 Å². The fourth-order valence-electron chi connectivity index (χ4n) is 2.90. The third-order valence-electron chi connectivity index (χ3n) is 4.15. The second kappa shape index (κ2) is 5.36. The van der Waals surface area contributed by atoms with Crippen molar-refractivity contribution >= 4 is 10.8 Å². The minimum atomic E-state index is -1.85. The highest BCUT2D eigenvalue weighted by Gasteiger charge is 2.52. The largest absolute Gasteiger partial charge is 0.394 e. The van der Waals surface area contributed by atoms with Gasteiger partial charge >= 0.3 is 0 Å². The number of hydrogen-bond donors (Lipinski definition) is 4. The van der Waals surface area contributed by atoms with Gasteiger partial charge < -0.3 is 25.2 Å². The Labute approximate surface area is 122 Å². The maximum Gasteiger partial charge on any atom is 0.146 e. The van der Waals surface area contributed by atoms with Gasteiger partial charge in [0.25, 0.3) is 0 Å². The summed E-state index contributed by atoms with van der Waals surface area (Å²) in [6.07, 6.45) is -3.62. The average molecular weight is 290 g/mol. The molecule has 2 aromatic carbocycles. The molecule has 21 heavy (non-hydrogen) atoms. The monoisotopic (exact) mass is 290 g/mol. The molecule has 4 N–H and O–H groups in total. The van der Waals surface area contributed by atoms with Crippen LogP contribution in [0.15, 0.2) is 42.5 Å². The van der Waals surface area contributed by atoms with Crippen molar-refractivity contribution < 1.29 is 25.2 Å². The van der Waals surface area contributed by atoms with Gasteiger partial charge in [0.2, 0.25) is 0 Å². The van der Waals surface area contributed by atoms with Crippen LogP contribution in [0.25, 0.3) is 10.8 Å². The smallest absolute Gasteiger partial charge is 0.146 e. The zero-order valence-corrected chi connectivity index (χ0v) is 11.4. The van der Waals surface area contributed by atoms with Gasteiger partial charge in [-0.15, -0.1) is 0 Å². The van der Waals surface area contributed by atoms with E-state index in [1.54, 1.807) is 12.1 Å². The molecular formula is C16H18O5. The highest BCUT2D eigenvalue weighted by Crippen LogP contribution is 2.37. The van der Waals surface area contributed by atoms with Gasteiger partial charge in [0, 0.05) is 0 Å². The zero-order chi connectivity index (χ0) is 15.0. The summed E-state index contributed by atoms with van der Waals surface area (Å²) in [5.74, 6) is 0. The van der Waals surface area contributed by atoms with Crippen LogP contribution >= 0.6 is 0 Å². The minimum Gasteiger partial charge on any atom is -0.394 e. The summed E-state index contributed by atoms with van der Waals surface area (Å²) < 4.78 is 5.28. The Hall–Kier alpha value is -1.50. The van der Waals surface area contributed by atoms with Crippen LogP contribution in [0.3, 0.4) is 0 Å².